The third kappa shape index (κ3) is 6.47. The first-order valence-electron chi connectivity index (χ1n) is 8.60. The second-order valence-electron chi connectivity index (χ2n) is 7.14. The Morgan fingerprint density at radius 2 is 2.00 bits per heavy atom. The van der Waals surface area contributed by atoms with Gasteiger partial charge in [-0.3, -0.25) is 0 Å². The maximum atomic E-state index is 10.4. The summed E-state index contributed by atoms with van der Waals surface area (Å²) in [5, 5.41) is 50.2. The molecule has 25 heavy (non-hydrogen) atoms. The van der Waals surface area contributed by atoms with Gasteiger partial charge in [0.05, 0.1) is 24.4 Å². The molecule has 2 aliphatic rings. The van der Waals surface area contributed by atoms with Gasteiger partial charge in [-0.25, -0.2) is 0 Å². The number of aliphatic hydroxyl groups excluding tert-OH is 4. The fourth-order valence-corrected chi connectivity index (χ4v) is 3.98. The molecule has 0 aromatic carbocycles. The average Bonchev–Trinajstić information content (AvgIpc) is 2.45. The van der Waals surface area contributed by atoms with Crippen LogP contribution in [0.3, 0.4) is 0 Å². The Bertz CT molecular complexity index is 506. The Morgan fingerprint density at radius 3 is 2.64 bits per heavy atom. The van der Waals surface area contributed by atoms with E-state index in [1.54, 1.807) is 6.08 Å². The van der Waals surface area contributed by atoms with E-state index in [0.29, 0.717) is 19.3 Å². The van der Waals surface area contributed by atoms with E-state index in [1.165, 1.54) is 0 Å². The van der Waals surface area contributed by atoms with Gasteiger partial charge in [-0.2, -0.15) is 0 Å². The van der Waals surface area contributed by atoms with Crippen LogP contribution in [0.1, 0.15) is 39.0 Å². The number of carboxylic acids is 1. The summed E-state index contributed by atoms with van der Waals surface area (Å²) in [5.41, 5.74) is 0.941. The summed E-state index contributed by atoms with van der Waals surface area (Å²) in [6.07, 6.45) is 3.55. The van der Waals surface area contributed by atoms with Crippen molar-refractivity contribution in [2.45, 2.75) is 63.4 Å². The zero-order chi connectivity index (χ0) is 17.9. The maximum Gasteiger partial charge on any atom is 1.00 e. The molecule has 0 heterocycles. The van der Waals surface area contributed by atoms with Crippen LogP contribution in [-0.2, 0) is 4.79 Å². The largest absolute Gasteiger partial charge is 1.00 e. The molecular formula is C18H27NaO6. The van der Waals surface area contributed by atoms with E-state index < -0.39 is 36.8 Å². The number of carbonyl (C=O) groups excluding carboxylic acids is 1. The van der Waals surface area contributed by atoms with Gasteiger partial charge >= 0.3 is 29.6 Å². The van der Waals surface area contributed by atoms with Gasteiger partial charge in [-0.15, -0.1) is 0 Å². The second kappa shape index (κ2) is 10.2. The fourth-order valence-electron chi connectivity index (χ4n) is 3.98. The minimum Gasteiger partial charge on any atom is -0.550 e. The van der Waals surface area contributed by atoms with E-state index in [4.69, 9.17) is 0 Å². The van der Waals surface area contributed by atoms with Crippen LogP contribution in [0.4, 0.5) is 0 Å². The number of allylic oxidation sites excluding steroid dienone is 2. The molecule has 4 N–H and O–H groups in total. The van der Waals surface area contributed by atoms with Crippen molar-refractivity contribution < 1.29 is 59.9 Å². The van der Waals surface area contributed by atoms with Crippen LogP contribution in [0.5, 0.6) is 0 Å². The van der Waals surface area contributed by atoms with Crippen LogP contribution in [0.2, 0.25) is 0 Å². The van der Waals surface area contributed by atoms with Crippen LogP contribution in [0, 0.1) is 17.8 Å². The van der Waals surface area contributed by atoms with E-state index in [9.17, 15) is 30.3 Å². The molecule has 0 amide bonds. The average molecular weight is 362 g/mol. The summed E-state index contributed by atoms with van der Waals surface area (Å²) in [6, 6.07) is 0. The van der Waals surface area contributed by atoms with Crippen molar-refractivity contribution in [1.29, 1.82) is 0 Å². The number of hydrogen-bond acceptors (Lipinski definition) is 6. The third-order valence-corrected chi connectivity index (χ3v) is 5.18. The predicted octanol–water partition coefficient (Wildman–Crippen LogP) is -3.49. The molecule has 0 fully saturated rings. The number of aliphatic carboxylic acids is 1. The summed E-state index contributed by atoms with van der Waals surface area (Å²) in [7, 11) is 0. The Balaban J connectivity index is 0.00000312. The molecule has 0 radical (unpaired) electrons. The van der Waals surface area contributed by atoms with Crippen molar-refractivity contribution >= 4 is 5.97 Å². The van der Waals surface area contributed by atoms with Crippen molar-refractivity contribution in [1.82, 2.24) is 0 Å². The van der Waals surface area contributed by atoms with Crippen molar-refractivity contribution in [2.75, 3.05) is 0 Å². The van der Waals surface area contributed by atoms with E-state index in [2.05, 4.69) is 13.0 Å². The topological polar surface area (TPSA) is 121 Å². The quantitative estimate of drug-likeness (QED) is 0.349. The minimum atomic E-state index is -1.33. The zero-order valence-electron chi connectivity index (χ0n) is 14.9. The predicted molar refractivity (Wildman–Crippen MR) is 85.5 cm³/mol. The van der Waals surface area contributed by atoms with Gasteiger partial charge in [0.15, 0.2) is 0 Å². The Kier molecular flexibility index (Phi) is 9.32. The van der Waals surface area contributed by atoms with Crippen molar-refractivity contribution in [3.8, 4) is 0 Å². The van der Waals surface area contributed by atoms with E-state index >= 15 is 0 Å². The monoisotopic (exact) mass is 362 g/mol. The van der Waals surface area contributed by atoms with Crippen molar-refractivity contribution in [3.05, 3.63) is 23.8 Å². The molecule has 0 saturated carbocycles. The molecule has 0 spiro atoms. The maximum absolute atomic E-state index is 10.4. The smallest absolute Gasteiger partial charge is 0.550 e. The first-order chi connectivity index (χ1) is 11.3. The van der Waals surface area contributed by atoms with Crippen LogP contribution < -0.4 is 34.7 Å². The second-order valence-corrected chi connectivity index (χ2v) is 7.14. The molecule has 2 rings (SSSR count). The summed E-state index contributed by atoms with van der Waals surface area (Å²) in [6.45, 7) is 2.06. The molecular weight excluding hydrogens is 335 g/mol. The summed E-state index contributed by atoms with van der Waals surface area (Å²) in [4.78, 5) is 10.4. The number of carbonyl (C=O) groups is 1. The molecule has 0 aromatic rings. The van der Waals surface area contributed by atoms with Crippen molar-refractivity contribution in [2.24, 2.45) is 17.8 Å². The Morgan fingerprint density at radius 1 is 1.32 bits per heavy atom. The van der Waals surface area contributed by atoms with Gasteiger partial charge in [0.25, 0.3) is 0 Å². The molecule has 0 saturated heterocycles. The zero-order valence-corrected chi connectivity index (χ0v) is 16.9. The van der Waals surface area contributed by atoms with Crippen molar-refractivity contribution in [3.63, 3.8) is 0 Å². The molecule has 2 aliphatic carbocycles. The molecule has 0 bridgehead atoms. The standard InChI is InChI=1S/C18H28O6.Na/c1-10-2-3-11-6-13(20)8-16(22)18(11)15(10)5-4-12(19)7-14(21)9-17(23)24;/h2-3,6,10,12-16,18-22H,4-5,7-9H2,1H3,(H,23,24);/q;+1/p-1/t10-,12-,13-,14-,15+,16+,18+;/m1./s1. The van der Waals surface area contributed by atoms with Crippen LogP contribution in [0.15, 0.2) is 23.8 Å². The first-order valence-corrected chi connectivity index (χ1v) is 8.60. The van der Waals surface area contributed by atoms with Gasteiger partial charge in [-0.05, 0) is 36.7 Å². The molecule has 7 atom stereocenters. The van der Waals surface area contributed by atoms with Gasteiger partial charge in [0, 0.05) is 24.7 Å². The molecule has 0 aliphatic heterocycles. The molecule has 136 valence electrons. The van der Waals surface area contributed by atoms with Gasteiger partial charge < -0.3 is 30.3 Å². The number of hydrogen-bond donors (Lipinski definition) is 4. The Labute approximate surface area is 170 Å². The first kappa shape index (κ1) is 22.8. The van der Waals surface area contributed by atoms with Crippen LogP contribution in [0.25, 0.3) is 0 Å². The van der Waals surface area contributed by atoms with Crippen LogP contribution >= 0.6 is 0 Å². The van der Waals surface area contributed by atoms with Gasteiger partial charge in [0.1, 0.15) is 0 Å². The SMILES string of the molecule is C[C@@H]1C=CC2=C[C@@H](O)C[C@H](O)[C@@H]2[C@H]1CC[C@@H](O)C[C@@H](O)CC(=O)[O-].[Na+]. The normalized spacial score (nSPS) is 33.6. The third-order valence-electron chi connectivity index (χ3n) is 5.18. The fraction of sp³-hybridized carbons (Fsp3) is 0.722. The summed E-state index contributed by atoms with van der Waals surface area (Å²) < 4.78 is 0. The molecule has 6 nitrogen and oxygen atoms in total. The van der Waals surface area contributed by atoms with E-state index in [1.807, 2.05) is 6.08 Å². The molecule has 7 heteroatoms. The number of aliphatic hydroxyl groups is 4. The van der Waals surface area contributed by atoms with E-state index in [-0.39, 0.29) is 53.7 Å². The Hall–Kier alpha value is -0.210. The van der Waals surface area contributed by atoms with Gasteiger partial charge in [0.2, 0.25) is 0 Å². The molecule has 0 unspecified atom stereocenters. The molecule has 0 aromatic heterocycles. The number of rotatable bonds is 7. The van der Waals surface area contributed by atoms with Crippen LogP contribution in [-0.4, -0.2) is 50.8 Å². The minimum absolute atomic E-state index is 0. The number of carboxylic acid groups (broad SMARTS) is 1. The number of fused-ring (bicyclic) bond motifs is 1. The van der Waals surface area contributed by atoms with Gasteiger partial charge in [-0.1, -0.05) is 25.2 Å². The summed E-state index contributed by atoms with van der Waals surface area (Å²) in [5.74, 6) is -1.03. The van der Waals surface area contributed by atoms with E-state index in [0.717, 1.165) is 5.57 Å². The summed E-state index contributed by atoms with van der Waals surface area (Å²) >= 11 is 0.